The van der Waals surface area contributed by atoms with Crippen molar-refractivity contribution in [3.05, 3.63) is 0 Å². The monoisotopic (exact) mass is 808 g/mol. The topological polar surface area (TPSA) is 304 Å². The van der Waals surface area contributed by atoms with Crippen LogP contribution in [0.1, 0.15) is 77.0 Å². The van der Waals surface area contributed by atoms with Crippen LogP contribution in [0.3, 0.4) is 0 Å². The van der Waals surface area contributed by atoms with Gasteiger partial charge in [-0.2, -0.15) is 0 Å². The van der Waals surface area contributed by atoms with E-state index in [9.17, 15) is 43.2 Å². The fraction of sp³-hybridized carbons (Fsp3) is 0.727. The molecule has 23 nitrogen and oxygen atoms in total. The Morgan fingerprint density at radius 2 is 0.696 bits per heavy atom. The van der Waals surface area contributed by atoms with E-state index in [1.807, 2.05) is 0 Å². The summed E-state index contributed by atoms with van der Waals surface area (Å²) in [7, 11) is 2.10. The van der Waals surface area contributed by atoms with Gasteiger partial charge in [0.05, 0.1) is 39.8 Å². The number of carbonyl (C=O) groups is 9. The van der Waals surface area contributed by atoms with Gasteiger partial charge < -0.3 is 59.9 Å². The van der Waals surface area contributed by atoms with E-state index >= 15 is 0 Å². The van der Waals surface area contributed by atoms with Crippen LogP contribution in [0.2, 0.25) is 0 Å². The van der Waals surface area contributed by atoms with Crippen molar-refractivity contribution in [2.45, 2.75) is 77.0 Å². The van der Waals surface area contributed by atoms with Crippen LogP contribution in [0, 0.1) is 0 Å². The van der Waals surface area contributed by atoms with Crippen molar-refractivity contribution in [1.29, 1.82) is 0 Å². The first-order chi connectivity index (χ1) is 26.8. The van der Waals surface area contributed by atoms with Crippen LogP contribution in [-0.4, -0.2) is 154 Å². The molecule has 6 N–H and O–H groups in total. The van der Waals surface area contributed by atoms with Crippen molar-refractivity contribution in [3.63, 3.8) is 0 Å². The molecule has 0 aliphatic heterocycles. The number of alkyl carbamates (subject to hydrolysis) is 2. The molecule has 0 aromatic carbocycles. The van der Waals surface area contributed by atoms with Gasteiger partial charge in [0.15, 0.2) is 13.2 Å². The maximum absolute atomic E-state index is 12.5. The summed E-state index contributed by atoms with van der Waals surface area (Å²) in [6.07, 6.45) is 7.27. The van der Waals surface area contributed by atoms with Crippen LogP contribution in [-0.2, 0) is 47.6 Å². The summed E-state index contributed by atoms with van der Waals surface area (Å²) in [4.78, 5) is 107. The van der Waals surface area contributed by atoms with E-state index in [1.54, 1.807) is 0 Å². The maximum atomic E-state index is 12.5. The number of unbranched alkanes of at least 4 members (excludes halogenated alkanes) is 10. The smallest absolute Gasteiger partial charge is 0.409 e. The highest BCUT2D eigenvalue weighted by Gasteiger charge is 2.25. The molecule has 0 saturated carbocycles. The minimum atomic E-state index is -1.08. The van der Waals surface area contributed by atoms with Crippen molar-refractivity contribution >= 4 is 54.2 Å². The molecule has 0 aromatic rings. The zero-order valence-corrected chi connectivity index (χ0v) is 32.0. The Kier molecular flexibility index (Phi) is 29.7. The maximum Gasteiger partial charge on any atom is 0.409 e. The lowest BCUT2D eigenvalue weighted by Gasteiger charge is -2.22. The number of carbonyl (C=O) groups excluding carboxylic acids is 9. The predicted molar refractivity (Wildman–Crippen MR) is 190 cm³/mol. The standard InChI is InChI=1S/C33H56N6O17/c1-38(29(46)34-23-36-31(48)55-21-27(44)53-17-13-9-5-3-7-11-15-51-25(42)19-40)33(50)39(2)30(47)35-24-37-32(49)56-22-28(45)54-18-14-10-6-4-8-12-16-52-26(43)20-41/h40-41H,3-24H2,1-2H3,(H,34,46)(H,35,47)(H,36,48)(H,37,49). The first-order valence-electron chi connectivity index (χ1n) is 18.0. The molecule has 23 heteroatoms. The number of imide groups is 2. The van der Waals surface area contributed by atoms with Crippen LogP contribution in [0.25, 0.3) is 0 Å². The minimum absolute atomic E-state index is 0.130. The normalized spacial score (nSPS) is 10.2. The number of hydrogen-bond donors (Lipinski definition) is 6. The molecular formula is C33H56N6O17. The first kappa shape index (κ1) is 50.5. The Bertz CT molecular complexity index is 1150. The third-order valence-corrected chi connectivity index (χ3v) is 7.16. The van der Waals surface area contributed by atoms with Crippen molar-refractivity contribution in [2.75, 3.05) is 80.3 Å². The number of nitrogens with one attached hydrogen (secondary N) is 4. The third kappa shape index (κ3) is 28.1. The van der Waals surface area contributed by atoms with Crippen LogP contribution in [0.4, 0.5) is 24.0 Å². The average Bonchev–Trinajstić information content (AvgIpc) is 3.19. The van der Waals surface area contributed by atoms with Gasteiger partial charge in [-0.05, 0) is 25.7 Å². The number of ether oxygens (including phenoxy) is 6. The van der Waals surface area contributed by atoms with Gasteiger partial charge in [-0.1, -0.05) is 51.4 Å². The summed E-state index contributed by atoms with van der Waals surface area (Å²) in [5, 5.41) is 25.8. The second-order valence-corrected chi connectivity index (χ2v) is 11.7. The van der Waals surface area contributed by atoms with Gasteiger partial charge >= 0.3 is 54.2 Å². The molecular weight excluding hydrogens is 752 g/mol. The third-order valence-electron chi connectivity index (χ3n) is 7.16. The minimum Gasteiger partial charge on any atom is -0.464 e. The molecule has 56 heavy (non-hydrogen) atoms. The van der Waals surface area contributed by atoms with Crippen LogP contribution in [0.5, 0.6) is 0 Å². The van der Waals surface area contributed by atoms with E-state index in [1.165, 1.54) is 0 Å². The van der Waals surface area contributed by atoms with Crippen molar-refractivity contribution in [3.8, 4) is 0 Å². The molecule has 320 valence electrons. The Labute approximate surface area is 324 Å². The summed E-state index contributed by atoms with van der Waals surface area (Å²) < 4.78 is 28.9. The summed E-state index contributed by atoms with van der Waals surface area (Å²) in [6, 6.07) is -3.10. The molecule has 0 aromatic heterocycles. The van der Waals surface area contributed by atoms with E-state index in [0.717, 1.165) is 65.5 Å². The number of esters is 4. The number of amides is 8. The molecule has 8 amide bonds. The lowest BCUT2D eigenvalue weighted by atomic mass is 10.1. The molecule has 0 spiro atoms. The molecule has 0 aliphatic rings. The fourth-order valence-corrected chi connectivity index (χ4v) is 4.11. The number of rotatable bonds is 28. The Balaban J connectivity index is 3.98. The van der Waals surface area contributed by atoms with E-state index in [2.05, 4.69) is 21.3 Å². The van der Waals surface area contributed by atoms with Crippen molar-refractivity contribution in [1.82, 2.24) is 31.1 Å². The number of aliphatic hydroxyl groups excluding tert-OH is 2. The molecule has 0 fully saturated rings. The quantitative estimate of drug-likeness (QED) is 0.0273. The Morgan fingerprint density at radius 1 is 0.411 bits per heavy atom. The van der Waals surface area contributed by atoms with Crippen LogP contribution >= 0.6 is 0 Å². The average molecular weight is 809 g/mol. The van der Waals surface area contributed by atoms with Gasteiger partial charge in [0, 0.05) is 14.1 Å². The van der Waals surface area contributed by atoms with E-state index in [-0.39, 0.29) is 26.4 Å². The van der Waals surface area contributed by atoms with E-state index in [4.69, 9.17) is 38.6 Å². The zero-order valence-electron chi connectivity index (χ0n) is 32.0. The lowest BCUT2D eigenvalue weighted by molar-refractivity contribution is -0.147. The number of nitrogens with zero attached hydrogens (tertiary/aromatic N) is 2. The number of hydrogen-bond acceptors (Lipinski definition) is 17. The van der Waals surface area contributed by atoms with Crippen molar-refractivity contribution in [2.24, 2.45) is 0 Å². The van der Waals surface area contributed by atoms with Gasteiger partial charge in [0.2, 0.25) is 0 Å². The molecule has 0 radical (unpaired) electrons. The molecule has 0 aliphatic carbocycles. The van der Waals surface area contributed by atoms with E-state index < -0.39 is 93.9 Å². The molecule has 0 heterocycles. The van der Waals surface area contributed by atoms with Gasteiger partial charge in [0.25, 0.3) is 0 Å². The molecule has 0 unspecified atom stereocenters. The highest BCUT2D eigenvalue weighted by atomic mass is 16.6. The number of aliphatic hydroxyl groups is 2. The van der Waals surface area contributed by atoms with E-state index in [0.29, 0.717) is 35.5 Å². The fourth-order valence-electron chi connectivity index (χ4n) is 4.11. The van der Waals surface area contributed by atoms with Crippen LogP contribution < -0.4 is 21.3 Å². The SMILES string of the molecule is CN(C(=O)NCNC(=O)OCC(=O)OCCCCCCCCOC(=O)CO)C(=O)N(C)C(=O)NCNC(=O)OCC(=O)OCCCCCCCCOC(=O)CO. The summed E-state index contributed by atoms with van der Waals surface area (Å²) in [6.45, 7) is -2.87. The van der Waals surface area contributed by atoms with Gasteiger partial charge in [0.1, 0.15) is 13.2 Å². The molecule has 0 bridgehead atoms. The summed E-state index contributed by atoms with van der Waals surface area (Å²) >= 11 is 0. The molecule has 0 saturated heterocycles. The molecule has 0 atom stereocenters. The predicted octanol–water partition coefficient (Wildman–Crippen LogP) is 0.595. The van der Waals surface area contributed by atoms with Gasteiger partial charge in [-0.15, -0.1) is 0 Å². The van der Waals surface area contributed by atoms with Gasteiger partial charge in [-0.25, -0.2) is 53.0 Å². The van der Waals surface area contributed by atoms with Gasteiger partial charge in [-0.3, -0.25) is 0 Å². The zero-order chi connectivity index (χ0) is 42.0. The Morgan fingerprint density at radius 3 is 1.00 bits per heavy atom. The number of urea groups is 3. The largest absolute Gasteiger partial charge is 0.464 e. The highest BCUT2D eigenvalue weighted by molar-refractivity contribution is 6.00. The first-order valence-corrected chi connectivity index (χ1v) is 18.0. The highest BCUT2D eigenvalue weighted by Crippen LogP contribution is 2.07. The second-order valence-electron chi connectivity index (χ2n) is 11.7. The second kappa shape index (κ2) is 32.9. The summed E-state index contributed by atoms with van der Waals surface area (Å²) in [5.74, 6) is -2.87. The van der Waals surface area contributed by atoms with Crippen molar-refractivity contribution < 1.29 is 81.8 Å². The summed E-state index contributed by atoms with van der Waals surface area (Å²) in [5.41, 5.74) is 0. The lowest BCUT2D eigenvalue weighted by Crippen LogP contribution is -2.53. The Hall–Kier alpha value is -5.45. The molecule has 0 rings (SSSR count). The van der Waals surface area contributed by atoms with Crippen LogP contribution in [0.15, 0.2) is 0 Å².